The standard InChI is InChI=1S/C23H22N4O5S2/c1-15-5-3-6-18(13-15)26-34(30,31)20-14-17(9-8-16(20)2)24-21(28)10-11-27-23(29)32-22(25-27)19-7-4-12-33-19/h3-9,12-14,26H,10-11H2,1-2H3,(H,24,28). The van der Waals surface area contributed by atoms with E-state index >= 15 is 0 Å². The molecule has 0 saturated carbocycles. The molecule has 1 amide bonds. The fourth-order valence-corrected chi connectivity index (χ4v) is 5.23. The van der Waals surface area contributed by atoms with Crippen LogP contribution in [0.2, 0.25) is 0 Å². The van der Waals surface area contributed by atoms with Crippen molar-refractivity contribution in [1.82, 2.24) is 9.78 Å². The van der Waals surface area contributed by atoms with E-state index in [0.717, 1.165) is 10.2 Å². The van der Waals surface area contributed by atoms with E-state index < -0.39 is 21.7 Å². The zero-order valence-corrected chi connectivity index (χ0v) is 20.1. The highest BCUT2D eigenvalue weighted by molar-refractivity contribution is 7.92. The Hall–Kier alpha value is -3.70. The molecule has 2 N–H and O–H groups in total. The first-order chi connectivity index (χ1) is 16.2. The highest BCUT2D eigenvalue weighted by Gasteiger charge is 2.19. The normalized spacial score (nSPS) is 11.4. The molecule has 0 saturated heterocycles. The molecule has 9 nitrogen and oxygen atoms in total. The lowest BCUT2D eigenvalue weighted by atomic mass is 10.2. The van der Waals surface area contributed by atoms with Crippen LogP contribution in [-0.4, -0.2) is 24.1 Å². The van der Waals surface area contributed by atoms with E-state index in [4.69, 9.17) is 4.42 Å². The Morgan fingerprint density at radius 3 is 2.65 bits per heavy atom. The molecular formula is C23H22N4O5S2. The van der Waals surface area contributed by atoms with E-state index in [-0.39, 0.29) is 23.8 Å². The lowest BCUT2D eigenvalue weighted by Gasteiger charge is -2.13. The third-order valence-electron chi connectivity index (χ3n) is 4.92. The van der Waals surface area contributed by atoms with E-state index in [1.165, 1.54) is 17.4 Å². The van der Waals surface area contributed by atoms with Gasteiger partial charge in [0.1, 0.15) is 0 Å². The molecule has 34 heavy (non-hydrogen) atoms. The van der Waals surface area contributed by atoms with Gasteiger partial charge in [-0.2, -0.15) is 4.68 Å². The highest BCUT2D eigenvalue weighted by Crippen LogP contribution is 2.24. The molecule has 0 aliphatic heterocycles. The average molecular weight is 499 g/mol. The van der Waals surface area contributed by atoms with E-state index in [2.05, 4.69) is 15.1 Å². The number of aryl methyl sites for hydroxylation is 3. The number of carbonyl (C=O) groups excluding carboxylic acids is 1. The molecule has 2 aromatic heterocycles. The van der Waals surface area contributed by atoms with E-state index in [1.807, 2.05) is 24.4 Å². The summed E-state index contributed by atoms with van der Waals surface area (Å²) in [7, 11) is -3.87. The van der Waals surface area contributed by atoms with Crippen LogP contribution in [0, 0.1) is 13.8 Å². The summed E-state index contributed by atoms with van der Waals surface area (Å²) in [5.41, 5.74) is 2.24. The molecule has 0 radical (unpaired) electrons. The van der Waals surface area contributed by atoms with Gasteiger partial charge < -0.3 is 9.73 Å². The Labute approximate surface area is 200 Å². The van der Waals surface area contributed by atoms with Crippen molar-refractivity contribution in [3.05, 3.63) is 81.7 Å². The second kappa shape index (κ2) is 9.65. The molecule has 0 spiro atoms. The summed E-state index contributed by atoms with van der Waals surface area (Å²) >= 11 is 1.39. The zero-order chi connectivity index (χ0) is 24.3. The van der Waals surface area contributed by atoms with Crippen molar-refractivity contribution >= 4 is 38.6 Å². The number of carbonyl (C=O) groups is 1. The van der Waals surface area contributed by atoms with Gasteiger partial charge in [0.25, 0.3) is 15.9 Å². The summed E-state index contributed by atoms with van der Waals surface area (Å²) in [4.78, 5) is 25.2. The number of thiophene rings is 1. The quantitative estimate of drug-likeness (QED) is 0.378. The zero-order valence-electron chi connectivity index (χ0n) is 18.4. The predicted octanol–water partition coefficient (Wildman–Crippen LogP) is 4.01. The van der Waals surface area contributed by atoms with E-state index in [0.29, 0.717) is 21.8 Å². The number of amides is 1. The Bertz CT molecular complexity index is 1490. The van der Waals surface area contributed by atoms with Gasteiger partial charge in [-0.1, -0.05) is 24.3 Å². The van der Waals surface area contributed by atoms with Crippen LogP contribution in [0.25, 0.3) is 10.8 Å². The fraction of sp³-hybridized carbons (Fsp3) is 0.174. The monoisotopic (exact) mass is 498 g/mol. The van der Waals surface area contributed by atoms with Crippen molar-refractivity contribution in [1.29, 1.82) is 0 Å². The van der Waals surface area contributed by atoms with Crippen molar-refractivity contribution in [2.45, 2.75) is 31.7 Å². The molecule has 4 rings (SSSR count). The minimum Gasteiger partial charge on any atom is -0.387 e. The number of anilines is 2. The number of hydrogen-bond acceptors (Lipinski definition) is 7. The summed E-state index contributed by atoms with van der Waals surface area (Å²) < 4.78 is 34.7. The largest absolute Gasteiger partial charge is 0.437 e. The van der Waals surface area contributed by atoms with Crippen molar-refractivity contribution in [2.75, 3.05) is 10.0 Å². The molecule has 0 unspecified atom stereocenters. The number of hydrogen-bond donors (Lipinski definition) is 2. The number of rotatable bonds is 8. The Kier molecular flexibility index (Phi) is 6.66. The van der Waals surface area contributed by atoms with E-state index in [1.54, 1.807) is 43.3 Å². The highest BCUT2D eigenvalue weighted by atomic mass is 32.2. The lowest BCUT2D eigenvalue weighted by Crippen LogP contribution is -2.21. The summed E-state index contributed by atoms with van der Waals surface area (Å²) in [6.45, 7) is 3.57. The lowest BCUT2D eigenvalue weighted by molar-refractivity contribution is -0.116. The van der Waals surface area contributed by atoms with Crippen LogP contribution in [0.3, 0.4) is 0 Å². The first kappa shape index (κ1) is 23.5. The second-order valence-corrected chi connectivity index (χ2v) is 10.2. The van der Waals surface area contributed by atoms with Crippen LogP contribution < -0.4 is 15.8 Å². The fourth-order valence-electron chi connectivity index (χ4n) is 3.26. The third kappa shape index (κ3) is 5.43. The first-order valence-corrected chi connectivity index (χ1v) is 12.7. The maximum absolute atomic E-state index is 12.9. The van der Waals surface area contributed by atoms with Gasteiger partial charge in [0, 0.05) is 17.8 Å². The SMILES string of the molecule is Cc1cccc(NS(=O)(=O)c2cc(NC(=O)CCn3nc(-c4cccs4)oc3=O)ccc2C)c1. The summed E-state index contributed by atoms with van der Waals surface area (Å²) in [6.07, 6.45) is -0.0478. The maximum Gasteiger partial charge on any atom is 0.437 e. The van der Waals surface area contributed by atoms with Gasteiger partial charge in [-0.15, -0.1) is 16.4 Å². The van der Waals surface area contributed by atoms with Crippen LogP contribution in [0.1, 0.15) is 17.5 Å². The smallest absolute Gasteiger partial charge is 0.387 e. The predicted molar refractivity (Wildman–Crippen MR) is 130 cm³/mol. The number of benzene rings is 2. The topological polar surface area (TPSA) is 123 Å². The van der Waals surface area contributed by atoms with E-state index in [9.17, 15) is 18.0 Å². The molecule has 0 aliphatic carbocycles. The van der Waals surface area contributed by atoms with Crippen molar-refractivity contribution < 1.29 is 17.6 Å². The number of nitrogens with zero attached hydrogens (tertiary/aromatic N) is 2. The molecule has 0 bridgehead atoms. The molecule has 0 fully saturated rings. The maximum atomic E-state index is 12.9. The Morgan fingerprint density at radius 2 is 1.91 bits per heavy atom. The summed E-state index contributed by atoms with van der Waals surface area (Å²) in [5.74, 6) is -0.844. The molecule has 0 aliphatic rings. The van der Waals surface area contributed by atoms with Crippen LogP contribution in [0.4, 0.5) is 11.4 Å². The van der Waals surface area contributed by atoms with Gasteiger partial charge in [0.15, 0.2) is 0 Å². The van der Waals surface area contributed by atoms with Gasteiger partial charge in [-0.05, 0) is 60.7 Å². The molecule has 11 heteroatoms. The molecule has 176 valence electrons. The van der Waals surface area contributed by atoms with Crippen molar-refractivity contribution in [2.24, 2.45) is 0 Å². The van der Waals surface area contributed by atoms with Crippen molar-refractivity contribution in [3.63, 3.8) is 0 Å². The van der Waals surface area contributed by atoms with Gasteiger partial charge in [0.2, 0.25) is 5.91 Å². The van der Waals surface area contributed by atoms with Crippen LogP contribution in [0.15, 0.2) is 74.1 Å². The van der Waals surface area contributed by atoms with Crippen LogP contribution in [-0.2, 0) is 21.4 Å². The van der Waals surface area contributed by atoms with Crippen LogP contribution >= 0.6 is 11.3 Å². The molecule has 2 aromatic carbocycles. The van der Waals surface area contributed by atoms with Gasteiger partial charge in [0.05, 0.1) is 16.3 Å². The molecular weight excluding hydrogens is 476 g/mol. The van der Waals surface area contributed by atoms with Gasteiger partial charge >= 0.3 is 5.76 Å². The number of aromatic nitrogens is 2. The minimum atomic E-state index is -3.87. The average Bonchev–Trinajstić information content (AvgIpc) is 3.43. The van der Waals surface area contributed by atoms with Crippen LogP contribution in [0.5, 0.6) is 0 Å². The first-order valence-electron chi connectivity index (χ1n) is 10.3. The number of sulfonamides is 1. The summed E-state index contributed by atoms with van der Waals surface area (Å²) in [6, 6.07) is 15.3. The third-order valence-corrected chi connectivity index (χ3v) is 7.30. The molecule has 2 heterocycles. The van der Waals surface area contributed by atoms with Gasteiger partial charge in [-0.3, -0.25) is 9.52 Å². The number of nitrogens with one attached hydrogen (secondary N) is 2. The van der Waals surface area contributed by atoms with Gasteiger partial charge in [-0.25, -0.2) is 13.2 Å². The Morgan fingerprint density at radius 1 is 1.09 bits per heavy atom. The summed E-state index contributed by atoms with van der Waals surface area (Å²) in [5, 5.41) is 8.63. The Balaban J connectivity index is 1.44. The second-order valence-electron chi connectivity index (χ2n) is 7.63. The molecule has 4 aromatic rings. The van der Waals surface area contributed by atoms with Crippen molar-refractivity contribution in [3.8, 4) is 10.8 Å². The minimum absolute atomic E-state index is 0.0193. The molecule has 0 atom stereocenters.